The highest BCUT2D eigenvalue weighted by Gasteiger charge is 2.29. The summed E-state index contributed by atoms with van der Waals surface area (Å²) in [5.41, 5.74) is 1.91. The number of carbonyl (C=O) groups excluding carboxylic acids is 2. The van der Waals surface area contributed by atoms with Crippen molar-refractivity contribution in [3.63, 3.8) is 0 Å². The highest BCUT2D eigenvalue weighted by molar-refractivity contribution is 7.99. The zero-order chi connectivity index (χ0) is 23.7. The van der Waals surface area contributed by atoms with Gasteiger partial charge in [0.15, 0.2) is 0 Å². The molecule has 2 aromatic carbocycles. The summed E-state index contributed by atoms with van der Waals surface area (Å²) in [5, 5.41) is 4.57. The van der Waals surface area contributed by atoms with Crippen molar-refractivity contribution in [2.45, 2.75) is 58.0 Å². The molecule has 0 spiro atoms. The molecular formula is C24H29Cl3N2O2S. The monoisotopic (exact) mass is 514 g/mol. The van der Waals surface area contributed by atoms with E-state index in [0.29, 0.717) is 27.2 Å². The molecule has 0 aliphatic carbocycles. The molecule has 174 valence electrons. The molecule has 0 bridgehead atoms. The molecule has 0 fully saturated rings. The molecule has 32 heavy (non-hydrogen) atoms. The number of halogens is 3. The van der Waals surface area contributed by atoms with Gasteiger partial charge in [-0.05, 0) is 55.2 Å². The molecule has 2 rings (SSSR count). The minimum atomic E-state index is -0.568. The van der Waals surface area contributed by atoms with Crippen molar-refractivity contribution >= 4 is 58.4 Å². The second kappa shape index (κ2) is 13.3. The first-order chi connectivity index (χ1) is 15.2. The summed E-state index contributed by atoms with van der Waals surface area (Å²) in [4.78, 5) is 27.9. The van der Waals surface area contributed by atoms with Gasteiger partial charge in [-0.25, -0.2) is 0 Å². The van der Waals surface area contributed by atoms with Gasteiger partial charge < -0.3 is 10.2 Å². The molecular weight excluding hydrogens is 487 g/mol. The molecule has 0 aliphatic rings. The topological polar surface area (TPSA) is 49.4 Å². The van der Waals surface area contributed by atoms with E-state index in [-0.39, 0.29) is 30.2 Å². The van der Waals surface area contributed by atoms with Crippen LogP contribution in [-0.4, -0.2) is 34.6 Å². The Bertz CT molecular complexity index is 909. The van der Waals surface area contributed by atoms with Crippen LogP contribution in [0.25, 0.3) is 0 Å². The normalized spacial score (nSPS) is 12.8. The van der Waals surface area contributed by atoms with E-state index in [0.717, 1.165) is 17.5 Å². The molecule has 0 unspecified atom stereocenters. The van der Waals surface area contributed by atoms with Crippen molar-refractivity contribution in [2.75, 3.05) is 5.75 Å². The molecule has 8 heteroatoms. The van der Waals surface area contributed by atoms with Crippen LogP contribution < -0.4 is 5.32 Å². The van der Waals surface area contributed by atoms with Gasteiger partial charge in [-0.15, -0.1) is 11.8 Å². The molecule has 0 aliphatic heterocycles. The standard InChI is InChI=1S/C24H29Cl3N2O2S/c1-4-16(3)28-24(31)22(5-2)29(13-18-8-11-20(26)21(27)12-18)23(30)15-32-14-17-6-9-19(25)10-7-17/h6-12,16,22H,4-5,13-15H2,1-3H3,(H,28,31)/t16-,22+/m1/s1. The Balaban J connectivity index is 2.16. The number of hydrogen-bond donors (Lipinski definition) is 1. The summed E-state index contributed by atoms with van der Waals surface area (Å²) < 4.78 is 0. The maximum absolute atomic E-state index is 13.2. The predicted molar refractivity (Wildman–Crippen MR) is 137 cm³/mol. The molecule has 0 saturated carbocycles. The van der Waals surface area contributed by atoms with E-state index in [4.69, 9.17) is 34.8 Å². The first-order valence-electron chi connectivity index (χ1n) is 10.6. The van der Waals surface area contributed by atoms with Crippen LogP contribution in [0.1, 0.15) is 44.7 Å². The van der Waals surface area contributed by atoms with E-state index in [2.05, 4.69) is 5.32 Å². The van der Waals surface area contributed by atoms with Crippen LogP contribution in [0.2, 0.25) is 15.1 Å². The van der Waals surface area contributed by atoms with E-state index in [1.807, 2.05) is 51.1 Å². The Labute approximate surface area is 210 Å². The van der Waals surface area contributed by atoms with Crippen molar-refractivity contribution in [1.82, 2.24) is 10.2 Å². The van der Waals surface area contributed by atoms with E-state index in [1.54, 1.807) is 17.0 Å². The van der Waals surface area contributed by atoms with Gasteiger partial charge in [0, 0.05) is 23.4 Å². The largest absolute Gasteiger partial charge is 0.352 e. The molecule has 2 atom stereocenters. The van der Waals surface area contributed by atoms with Gasteiger partial charge >= 0.3 is 0 Å². The molecule has 4 nitrogen and oxygen atoms in total. The fourth-order valence-corrected chi connectivity index (χ4v) is 4.43. The molecule has 2 aromatic rings. The van der Waals surface area contributed by atoms with Gasteiger partial charge in [0.1, 0.15) is 6.04 Å². The molecule has 0 aromatic heterocycles. The summed E-state index contributed by atoms with van der Waals surface area (Å²) in [5.74, 6) is 0.704. The number of hydrogen-bond acceptors (Lipinski definition) is 3. The second-order valence-corrected chi connectivity index (χ2v) is 9.87. The maximum atomic E-state index is 13.2. The number of amides is 2. The lowest BCUT2D eigenvalue weighted by Gasteiger charge is -2.31. The SMILES string of the molecule is CC[C@@H](C)NC(=O)[C@H](CC)N(Cc1ccc(Cl)c(Cl)c1)C(=O)CSCc1ccc(Cl)cc1. The van der Waals surface area contributed by atoms with Gasteiger partial charge in [-0.2, -0.15) is 0 Å². The number of carbonyl (C=O) groups is 2. The average Bonchev–Trinajstić information content (AvgIpc) is 2.77. The number of nitrogens with one attached hydrogen (secondary N) is 1. The molecule has 2 amide bonds. The Morgan fingerprint density at radius 1 is 0.969 bits per heavy atom. The Morgan fingerprint density at radius 3 is 2.22 bits per heavy atom. The molecule has 1 N–H and O–H groups in total. The predicted octanol–water partition coefficient (Wildman–Crippen LogP) is 6.60. The smallest absolute Gasteiger partial charge is 0.243 e. The van der Waals surface area contributed by atoms with Crippen LogP contribution in [-0.2, 0) is 21.9 Å². The lowest BCUT2D eigenvalue weighted by molar-refractivity contribution is -0.139. The Morgan fingerprint density at radius 2 is 1.62 bits per heavy atom. The number of thioether (sulfide) groups is 1. The summed E-state index contributed by atoms with van der Waals surface area (Å²) in [6, 6.07) is 12.3. The van der Waals surface area contributed by atoms with E-state index >= 15 is 0 Å². The van der Waals surface area contributed by atoms with Crippen LogP contribution >= 0.6 is 46.6 Å². The van der Waals surface area contributed by atoms with Crippen molar-refractivity contribution < 1.29 is 9.59 Å². The lowest BCUT2D eigenvalue weighted by Crippen LogP contribution is -2.51. The zero-order valence-corrected chi connectivity index (χ0v) is 21.6. The quantitative estimate of drug-likeness (QED) is 0.367. The third-order valence-corrected chi connectivity index (χ3v) is 7.11. The Hall–Kier alpha value is -1.40. The van der Waals surface area contributed by atoms with Gasteiger partial charge in [0.2, 0.25) is 11.8 Å². The van der Waals surface area contributed by atoms with Crippen LogP contribution in [0.5, 0.6) is 0 Å². The van der Waals surface area contributed by atoms with Gasteiger partial charge in [-0.1, -0.05) is 66.8 Å². The van der Waals surface area contributed by atoms with E-state index in [9.17, 15) is 9.59 Å². The maximum Gasteiger partial charge on any atom is 0.243 e. The fraction of sp³-hybridized carbons (Fsp3) is 0.417. The third-order valence-electron chi connectivity index (χ3n) is 5.13. The van der Waals surface area contributed by atoms with Crippen LogP contribution in [0.4, 0.5) is 0 Å². The first kappa shape index (κ1) is 26.8. The van der Waals surface area contributed by atoms with E-state index < -0.39 is 6.04 Å². The minimum absolute atomic E-state index is 0.0396. The lowest BCUT2D eigenvalue weighted by atomic mass is 10.1. The third kappa shape index (κ3) is 8.18. The average molecular weight is 516 g/mol. The number of rotatable bonds is 11. The second-order valence-electron chi connectivity index (χ2n) is 7.63. The van der Waals surface area contributed by atoms with Gasteiger partial charge in [0.25, 0.3) is 0 Å². The highest BCUT2D eigenvalue weighted by Crippen LogP contribution is 2.25. The van der Waals surface area contributed by atoms with Crippen LogP contribution in [0, 0.1) is 0 Å². The molecule has 0 heterocycles. The minimum Gasteiger partial charge on any atom is -0.352 e. The van der Waals surface area contributed by atoms with Crippen molar-refractivity contribution in [3.8, 4) is 0 Å². The summed E-state index contributed by atoms with van der Waals surface area (Å²) in [7, 11) is 0. The zero-order valence-electron chi connectivity index (χ0n) is 18.5. The highest BCUT2D eigenvalue weighted by atomic mass is 35.5. The van der Waals surface area contributed by atoms with Gasteiger partial charge in [0.05, 0.1) is 15.8 Å². The number of benzene rings is 2. The first-order valence-corrected chi connectivity index (χ1v) is 12.9. The van der Waals surface area contributed by atoms with E-state index in [1.165, 1.54) is 11.8 Å². The van der Waals surface area contributed by atoms with Crippen LogP contribution in [0.15, 0.2) is 42.5 Å². The summed E-state index contributed by atoms with van der Waals surface area (Å²) in [6.45, 7) is 6.16. The van der Waals surface area contributed by atoms with Crippen LogP contribution in [0.3, 0.4) is 0 Å². The fourth-order valence-electron chi connectivity index (χ4n) is 3.12. The molecule has 0 saturated heterocycles. The van der Waals surface area contributed by atoms with Gasteiger partial charge in [-0.3, -0.25) is 9.59 Å². The Kier molecular flexibility index (Phi) is 11.2. The number of nitrogens with zero attached hydrogens (tertiary/aromatic N) is 1. The summed E-state index contributed by atoms with van der Waals surface area (Å²) >= 11 is 19.7. The van der Waals surface area contributed by atoms with Crippen molar-refractivity contribution in [2.24, 2.45) is 0 Å². The summed E-state index contributed by atoms with van der Waals surface area (Å²) in [6.07, 6.45) is 1.33. The molecule has 0 radical (unpaired) electrons. The van der Waals surface area contributed by atoms with Crippen molar-refractivity contribution in [1.29, 1.82) is 0 Å². The van der Waals surface area contributed by atoms with Crippen molar-refractivity contribution in [3.05, 3.63) is 68.7 Å².